The number of para-hydroxylation sites is 1. The van der Waals surface area contributed by atoms with Crippen LogP contribution in [0.15, 0.2) is 29.3 Å². The summed E-state index contributed by atoms with van der Waals surface area (Å²) in [5, 5.41) is 2.99. The zero-order valence-corrected chi connectivity index (χ0v) is 14.8. The van der Waals surface area contributed by atoms with E-state index in [-0.39, 0.29) is 42.3 Å². The van der Waals surface area contributed by atoms with Crippen molar-refractivity contribution in [1.82, 2.24) is 5.32 Å². The van der Waals surface area contributed by atoms with Gasteiger partial charge in [0.1, 0.15) is 5.75 Å². The third-order valence-corrected chi connectivity index (χ3v) is 2.87. The maximum absolute atomic E-state index is 12.3. The molecule has 0 fully saturated rings. The highest BCUT2D eigenvalue weighted by Gasteiger charge is 2.31. The Balaban J connectivity index is 0.00000441. The van der Waals surface area contributed by atoms with E-state index in [1.165, 1.54) is 12.1 Å². The summed E-state index contributed by atoms with van der Waals surface area (Å²) in [6, 6.07) is 6.22. The summed E-state index contributed by atoms with van der Waals surface area (Å²) in [5.41, 5.74) is 6.12. The molecule has 0 aliphatic heterocycles. The largest absolute Gasteiger partial charge is 0.573 e. The van der Waals surface area contributed by atoms with Crippen molar-refractivity contribution in [2.45, 2.75) is 39.1 Å². The fourth-order valence-electron chi connectivity index (χ4n) is 1.63. The average Bonchev–Trinajstić information content (AvgIpc) is 2.39. The van der Waals surface area contributed by atoms with Gasteiger partial charge in [0, 0.05) is 12.6 Å². The predicted octanol–water partition coefficient (Wildman–Crippen LogP) is 3.45. The summed E-state index contributed by atoms with van der Waals surface area (Å²) in [7, 11) is 0. The fourth-order valence-corrected chi connectivity index (χ4v) is 1.63. The van der Waals surface area contributed by atoms with Crippen LogP contribution in [0, 0.1) is 0 Å². The van der Waals surface area contributed by atoms with Gasteiger partial charge in [0.2, 0.25) is 0 Å². The van der Waals surface area contributed by atoms with Crippen LogP contribution in [0.25, 0.3) is 0 Å². The average molecular weight is 431 g/mol. The number of aliphatic imine (C=N–C) groups is 1. The van der Waals surface area contributed by atoms with E-state index < -0.39 is 6.36 Å². The zero-order valence-electron chi connectivity index (χ0n) is 12.5. The highest BCUT2D eigenvalue weighted by Crippen LogP contribution is 2.26. The summed E-state index contributed by atoms with van der Waals surface area (Å²) in [6.07, 6.45) is -3.48. The van der Waals surface area contributed by atoms with Crippen LogP contribution in [0.5, 0.6) is 5.75 Å². The summed E-state index contributed by atoms with van der Waals surface area (Å²) in [5.74, 6) is 0.0900. The number of nitrogens with zero attached hydrogens (tertiary/aromatic N) is 1. The van der Waals surface area contributed by atoms with Crippen molar-refractivity contribution in [2.75, 3.05) is 6.54 Å². The maximum Gasteiger partial charge on any atom is 0.573 e. The molecule has 22 heavy (non-hydrogen) atoms. The van der Waals surface area contributed by atoms with Crippen LogP contribution in [0.1, 0.15) is 25.8 Å². The lowest BCUT2D eigenvalue weighted by atomic mass is 10.1. The molecule has 8 heteroatoms. The lowest BCUT2D eigenvalue weighted by molar-refractivity contribution is -0.274. The van der Waals surface area contributed by atoms with E-state index in [0.29, 0.717) is 17.9 Å². The second-order valence-corrected chi connectivity index (χ2v) is 4.63. The van der Waals surface area contributed by atoms with Crippen LogP contribution in [0.4, 0.5) is 13.2 Å². The fraction of sp³-hybridized carbons (Fsp3) is 0.500. The van der Waals surface area contributed by atoms with E-state index in [4.69, 9.17) is 5.73 Å². The highest BCUT2D eigenvalue weighted by atomic mass is 127. The third-order valence-electron chi connectivity index (χ3n) is 2.87. The van der Waals surface area contributed by atoms with E-state index in [1.54, 1.807) is 12.1 Å². The Morgan fingerprint density at radius 2 is 2.00 bits per heavy atom. The molecule has 0 aliphatic rings. The number of nitrogens with two attached hydrogens (primary N) is 1. The molecule has 0 radical (unpaired) electrons. The van der Waals surface area contributed by atoms with Gasteiger partial charge in [-0.1, -0.05) is 25.1 Å². The van der Waals surface area contributed by atoms with E-state index in [2.05, 4.69) is 15.0 Å². The minimum absolute atomic E-state index is 0. The standard InChI is InChI=1S/C14H20F3N3O.HI/c1-3-10(2)20-13(18)19-9-8-11-6-4-5-7-12(11)21-14(15,16)17;/h4-7,10H,3,8-9H2,1-2H3,(H3,18,19,20);1H. The number of alkyl halides is 3. The number of halogens is 4. The minimum atomic E-state index is -4.70. The molecule has 0 amide bonds. The first-order chi connectivity index (χ1) is 9.81. The lowest BCUT2D eigenvalue weighted by Gasteiger charge is -2.13. The monoisotopic (exact) mass is 431 g/mol. The number of benzene rings is 1. The number of nitrogens with one attached hydrogen (secondary N) is 1. The molecule has 0 bridgehead atoms. The highest BCUT2D eigenvalue weighted by molar-refractivity contribution is 14.0. The maximum atomic E-state index is 12.3. The SMILES string of the molecule is CCC(C)NC(N)=NCCc1ccccc1OC(F)(F)F.I. The molecule has 0 saturated heterocycles. The number of ether oxygens (including phenoxy) is 1. The summed E-state index contributed by atoms with van der Waals surface area (Å²) >= 11 is 0. The Morgan fingerprint density at radius 1 is 1.36 bits per heavy atom. The van der Waals surface area contributed by atoms with Crippen LogP contribution < -0.4 is 15.8 Å². The number of guanidine groups is 1. The van der Waals surface area contributed by atoms with Gasteiger partial charge in [0.25, 0.3) is 0 Å². The number of rotatable bonds is 6. The predicted molar refractivity (Wildman–Crippen MR) is 91.6 cm³/mol. The molecule has 1 aromatic rings. The second-order valence-electron chi connectivity index (χ2n) is 4.63. The molecule has 0 aromatic heterocycles. The Labute approximate surface area is 145 Å². The van der Waals surface area contributed by atoms with Gasteiger partial charge in [-0.05, 0) is 31.4 Å². The number of hydrogen-bond acceptors (Lipinski definition) is 2. The van der Waals surface area contributed by atoms with Crippen LogP contribution in [0.3, 0.4) is 0 Å². The van der Waals surface area contributed by atoms with E-state index in [9.17, 15) is 13.2 Å². The van der Waals surface area contributed by atoms with E-state index >= 15 is 0 Å². The van der Waals surface area contributed by atoms with Gasteiger partial charge < -0.3 is 15.8 Å². The third kappa shape index (κ3) is 8.30. The molecule has 126 valence electrons. The van der Waals surface area contributed by atoms with Gasteiger partial charge in [-0.15, -0.1) is 37.1 Å². The first-order valence-electron chi connectivity index (χ1n) is 6.72. The van der Waals surface area contributed by atoms with Crippen LogP contribution in [-0.4, -0.2) is 24.9 Å². The molecular formula is C14H21F3IN3O. The molecule has 4 nitrogen and oxygen atoms in total. The second kappa shape index (κ2) is 9.75. The van der Waals surface area contributed by atoms with Gasteiger partial charge in [-0.3, -0.25) is 4.99 Å². The van der Waals surface area contributed by atoms with Crippen molar-refractivity contribution in [1.29, 1.82) is 0 Å². The van der Waals surface area contributed by atoms with Crippen molar-refractivity contribution in [3.63, 3.8) is 0 Å². The Bertz CT molecular complexity index is 481. The summed E-state index contributed by atoms with van der Waals surface area (Å²) < 4.78 is 40.8. The van der Waals surface area contributed by atoms with Crippen molar-refractivity contribution >= 4 is 29.9 Å². The Morgan fingerprint density at radius 3 is 2.59 bits per heavy atom. The first kappa shape index (κ1) is 20.8. The molecule has 1 atom stereocenters. The summed E-state index contributed by atoms with van der Waals surface area (Å²) in [4.78, 5) is 4.09. The van der Waals surface area contributed by atoms with E-state index in [1.807, 2.05) is 13.8 Å². The molecule has 0 aliphatic carbocycles. The first-order valence-corrected chi connectivity index (χ1v) is 6.72. The summed E-state index contributed by atoms with van der Waals surface area (Å²) in [6.45, 7) is 4.26. The van der Waals surface area contributed by atoms with Crippen molar-refractivity contribution in [3.05, 3.63) is 29.8 Å². The van der Waals surface area contributed by atoms with Gasteiger partial charge >= 0.3 is 6.36 Å². The minimum Gasteiger partial charge on any atom is -0.406 e. The molecule has 1 aromatic carbocycles. The molecule has 0 saturated carbocycles. The number of hydrogen-bond donors (Lipinski definition) is 2. The van der Waals surface area contributed by atoms with Gasteiger partial charge in [-0.25, -0.2) is 0 Å². The molecule has 1 rings (SSSR count). The van der Waals surface area contributed by atoms with Crippen LogP contribution >= 0.6 is 24.0 Å². The molecule has 0 spiro atoms. The van der Waals surface area contributed by atoms with Crippen molar-refractivity contribution in [3.8, 4) is 5.75 Å². The van der Waals surface area contributed by atoms with Gasteiger partial charge in [-0.2, -0.15) is 0 Å². The Kier molecular flexibility index (Phi) is 9.22. The molecular weight excluding hydrogens is 410 g/mol. The normalized spacial score (nSPS) is 13.2. The molecule has 3 N–H and O–H groups in total. The van der Waals surface area contributed by atoms with Gasteiger partial charge in [0.05, 0.1) is 0 Å². The Hall–Kier alpha value is -1.19. The topological polar surface area (TPSA) is 59.6 Å². The molecule has 1 unspecified atom stereocenters. The lowest BCUT2D eigenvalue weighted by Crippen LogP contribution is -2.38. The van der Waals surface area contributed by atoms with Crippen molar-refractivity contribution < 1.29 is 17.9 Å². The quantitative estimate of drug-likeness (QED) is 0.412. The van der Waals surface area contributed by atoms with Crippen LogP contribution in [0.2, 0.25) is 0 Å². The molecule has 0 heterocycles. The van der Waals surface area contributed by atoms with Crippen LogP contribution in [-0.2, 0) is 6.42 Å². The smallest absolute Gasteiger partial charge is 0.406 e. The van der Waals surface area contributed by atoms with Gasteiger partial charge in [0.15, 0.2) is 5.96 Å². The zero-order chi connectivity index (χ0) is 15.9. The van der Waals surface area contributed by atoms with Crippen molar-refractivity contribution in [2.24, 2.45) is 10.7 Å². The van der Waals surface area contributed by atoms with E-state index in [0.717, 1.165) is 6.42 Å².